The van der Waals surface area contributed by atoms with Gasteiger partial charge in [-0.05, 0) is 30.3 Å². The second-order valence-electron chi connectivity index (χ2n) is 4.95. The quantitative estimate of drug-likeness (QED) is 0.906. The van der Waals surface area contributed by atoms with Crippen molar-refractivity contribution < 1.29 is 14.3 Å². The highest BCUT2D eigenvalue weighted by Crippen LogP contribution is 2.18. The zero-order chi connectivity index (χ0) is 15.4. The standard InChI is InChI=1S/C16H15BrN2O3/c17-12-1-3-13(4-2-12)19-16(20)11-5-7-18-15(9-11)22-14-6-8-21-10-14/h1-5,7,9,14H,6,8,10H2,(H,19,20). The van der Waals surface area contributed by atoms with Crippen LogP contribution in [0.4, 0.5) is 5.69 Å². The number of nitrogens with one attached hydrogen (secondary N) is 1. The topological polar surface area (TPSA) is 60.5 Å². The number of carbonyl (C=O) groups excluding carboxylic acids is 1. The number of carbonyl (C=O) groups is 1. The Bertz CT molecular complexity index is 655. The van der Waals surface area contributed by atoms with Crippen LogP contribution in [-0.2, 0) is 4.74 Å². The Morgan fingerprint density at radius 3 is 2.86 bits per heavy atom. The van der Waals surface area contributed by atoms with E-state index in [0.29, 0.717) is 24.7 Å². The summed E-state index contributed by atoms with van der Waals surface area (Å²) >= 11 is 3.36. The predicted octanol–water partition coefficient (Wildman–Crippen LogP) is 3.26. The van der Waals surface area contributed by atoms with E-state index >= 15 is 0 Å². The molecule has 1 N–H and O–H groups in total. The molecule has 1 saturated heterocycles. The fraction of sp³-hybridized carbons (Fsp3) is 0.250. The lowest BCUT2D eigenvalue weighted by Gasteiger charge is -2.11. The van der Waals surface area contributed by atoms with Gasteiger partial charge in [0.1, 0.15) is 6.10 Å². The molecule has 3 rings (SSSR count). The van der Waals surface area contributed by atoms with E-state index in [9.17, 15) is 4.79 Å². The predicted molar refractivity (Wildman–Crippen MR) is 86.2 cm³/mol. The van der Waals surface area contributed by atoms with Gasteiger partial charge >= 0.3 is 0 Å². The first-order valence-corrected chi connectivity index (χ1v) is 7.77. The average molecular weight is 363 g/mol. The van der Waals surface area contributed by atoms with Crippen molar-refractivity contribution >= 4 is 27.5 Å². The Balaban J connectivity index is 1.67. The number of anilines is 1. The van der Waals surface area contributed by atoms with Crippen molar-refractivity contribution in [2.24, 2.45) is 0 Å². The summed E-state index contributed by atoms with van der Waals surface area (Å²) in [6, 6.07) is 10.7. The van der Waals surface area contributed by atoms with E-state index in [1.807, 2.05) is 24.3 Å². The van der Waals surface area contributed by atoms with E-state index in [0.717, 1.165) is 16.6 Å². The Labute approximate surface area is 136 Å². The molecule has 2 heterocycles. The number of pyridine rings is 1. The van der Waals surface area contributed by atoms with Crippen LogP contribution in [0.5, 0.6) is 5.88 Å². The van der Waals surface area contributed by atoms with E-state index in [1.54, 1.807) is 18.3 Å². The number of benzene rings is 1. The van der Waals surface area contributed by atoms with Gasteiger partial charge < -0.3 is 14.8 Å². The molecule has 0 aliphatic carbocycles. The van der Waals surface area contributed by atoms with Crippen LogP contribution in [0.25, 0.3) is 0 Å². The molecular formula is C16H15BrN2O3. The van der Waals surface area contributed by atoms with Crippen molar-refractivity contribution in [3.05, 3.63) is 52.6 Å². The van der Waals surface area contributed by atoms with E-state index in [1.165, 1.54) is 0 Å². The molecule has 1 aliphatic rings. The van der Waals surface area contributed by atoms with Crippen LogP contribution in [0.15, 0.2) is 47.1 Å². The van der Waals surface area contributed by atoms with Gasteiger partial charge in [0.05, 0.1) is 13.2 Å². The van der Waals surface area contributed by atoms with Crippen molar-refractivity contribution in [1.82, 2.24) is 4.98 Å². The van der Waals surface area contributed by atoms with Gasteiger partial charge in [-0.25, -0.2) is 4.98 Å². The molecule has 5 nitrogen and oxygen atoms in total. The second-order valence-corrected chi connectivity index (χ2v) is 5.86. The Morgan fingerprint density at radius 2 is 2.14 bits per heavy atom. The lowest BCUT2D eigenvalue weighted by Crippen LogP contribution is -2.17. The number of halogens is 1. The molecule has 6 heteroatoms. The number of nitrogens with zero attached hydrogens (tertiary/aromatic N) is 1. The molecule has 114 valence electrons. The molecule has 0 radical (unpaired) electrons. The van der Waals surface area contributed by atoms with E-state index in [2.05, 4.69) is 26.2 Å². The minimum atomic E-state index is -0.197. The molecule has 1 unspecified atom stereocenters. The smallest absolute Gasteiger partial charge is 0.255 e. The molecule has 1 aromatic heterocycles. The van der Waals surface area contributed by atoms with Crippen molar-refractivity contribution in [3.63, 3.8) is 0 Å². The van der Waals surface area contributed by atoms with Gasteiger partial charge in [0.25, 0.3) is 5.91 Å². The zero-order valence-electron chi connectivity index (χ0n) is 11.8. The summed E-state index contributed by atoms with van der Waals surface area (Å²) in [5.74, 6) is 0.246. The van der Waals surface area contributed by atoms with Crippen LogP contribution < -0.4 is 10.1 Å². The van der Waals surface area contributed by atoms with Crippen molar-refractivity contribution in [3.8, 4) is 5.88 Å². The third-order valence-corrected chi connectivity index (χ3v) is 3.80. The molecule has 1 aromatic carbocycles. The van der Waals surface area contributed by atoms with E-state index in [-0.39, 0.29) is 12.0 Å². The number of amides is 1. The Hall–Kier alpha value is -1.92. The molecule has 1 atom stereocenters. The van der Waals surface area contributed by atoms with Crippen molar-refractivity contribution in [2.75, 3.05) is 18.5 Å². The third-order valence-electron chi connectivity index (χ3n) is 3.27. The fourth-order valence-electron chi connectivity index (χ4n) is 2.13. The van der Waals surface area contributed by atoms with Gasteiger partial charge in [-0.1, -0.05) is 15.9 Å². The minimum Gasteiger partial charge on any atom is -0.472 e. The normalized spacial score (nSPS) is 17.2. The largest absolute Gasteiger partial charge is 0.472 e. The highest BCUT2D eigenvalue weighted by Gasteiger charge is 2.18. The average Bonchev–Trinajstić information content (AvgIpc) is 3.03. The Morgan fingerprint density at radius 1 is 1.32 bits per heavy atom. The summed E-state index contributed by atoms with van der Waals surface area (Å²) in [5, 5.41) is 2.84. The maximum Gasteiger partial charge on any atom is 0.255 e. The second kappa shape index (κ2) is 6.89. The highest BCUT2D eigenvalue weighted by atomic mass is 79.9. The number of rotatable bonds is 4. The number of aromatic nitrogens is 1. The third kappa shape index (κ3) is 3.84. The lowest BCUT2D eigenvalue weighted by atomic mass is 10.2. The summed E-state index contributed by atoms with van der Waals surface area (Å²) in [7, 11) is 0. The molecule has 1 aliphatic heterocycles. The van der Waals surface area contributed by atoms with Gasteiger partial charge in [-0.3, -0.25) is 4.79 Å². The van der Waals surface area contributed by atoms with Crippen molar-refractivity contribution in [1.29, 1.82) is 0 Å². The van der Waals surface area contributed by atoms with Gasteiger partial charge in [-0.15, -0.1) is 0 Å². The molecule has 2 aromatic rings. The van der Waals surface area contributed by atoms with Crippen LogP contribution in [-0.4, -0.2) is 30.2 Å². The van der Waals surface area contributed by atoms with Crippen LogP contribution >= 0.6 is 15.9 Å². The van der Waals surface area contributed by atoms with Gasteiger partial charge in [-0.2, -0.15) is 0 Å². The molecule has 0 saturated carbocycles. The van der Waals surface area contributed by atoms with Gasteiger partial charge in [0.15, 0.2) is 0 Å². The van der Waals surface area contributed by atoms with Gasteiger partial charge in [0, 0.05) is 34.4 Å². The number of ether oxygens (including phenoxy) is 2. The van der Waals surface area contributed by atoms with E-state index < -0.39 is 0 Å². The Kier molecular flexibility index (Phi) is 4.70. The maximum absolute atomic E-state index is 12.3. The molecular weight excluding hydrogens is 348 g/mol. The van der Waals surface area contributed by atoms with E-state index in [4.69, 9.17) is 9.47 Å². The molecule has 0 spiro atoms. The summed E-state index contributed by atoms with van der Waals surface area (Å²) < 4.78 is 11.9. The first-order chi connectivity index (χ1) is 10.7. The number of hydrogen-bond acceptors (Lipinski definition) is 4. The fourth-order valence-corrected chi connectivity index (χ4v) is 2.39. The van der Waals surface area contributed by atoms with Crippen molar-refractivity contribution in [2.45, 2.75) is 12.5 Å². The minimum absolute atomic E-state index is 0.0114. The lowest BCUT2D eigenvalue weighted by molar-refractivity contribution is 0.102. The maximum atomic E-state index is 12.3. The highest BCUT2D eigenvalue weighted by molar-refractivity contribution is 9.10. The monoisotopic (exact) mass is 362 g/mol. The summed E-state index contributed by atoms with van der Waals surface area (Å²) in [5.41, 5.74) is 1.24. The summed E-state index contributed by atoms with van der Waals surface area (Å²) in [6.07, 6.45) is 2.43. The zero-order valence-corrected chi connectivity index (χ0v) is 13.4. The van der Waals surface area contributed by atoms with Crippen LogP contribution in [0.1, 0.15) is 16.8 Å². The van der Waals surface area contributed by atoms with Crippen LogP contribution in [0, 0.1) is 0 Å². The number of hydrogen-bond donors (Lipinski definition) is 1. The first-order valence-electron chi connectivity index (χ1n) is 6.98. The van der Waals surface area contributed by atoms with Crippen LogP contribution in [0.3, 0.4) is 0 Å². The molecule has 22 heavy (non-hydrogen) atoms. The SMILES string of the molecule is O=C(Nc1ccc(Br)cc1)c1ccnc(OC2CCOC2)c1. The summed E-state index contributed by atoms with van der Waals surface area (Å²) in [6.45, 7) is 1.27. The van der Waals surface area contributed by atoms with Gasteiger partial charge in [0.2, 0.25) is 5.88 Å². The molecule has 1 fully saturated rings. The molecule has 1 amide bonds. The first kappa shape index (κ1) is 15.0. The molecule has 0 bridgehead atoms. The van der Waals surface area contributed by atoms with Crippen LogP contribution in [0.2, 0.25) is 0 Å². The summed E-state index contributed by atoms with van der Waals surface area (Å²) in [4.78, 5) is 16.4.